The fourth-order valence-electron chi connectivity index (χ4n) is 3.07. The largest absolute Gasteiger partial charge is 0.467 e. The maximum atomic E-state index is 12.7. The molecule has 2 aromatic heterocycles. The highest BCUT2D eigenvalue weighted by molar-refractivity contribution is 5.89. The summed E-state index contributed by atoms with van der Waals surface area (Å²) in [5, 5.41) is 6.80. The number of nitrogens with one attached hydrogen (secondary N) is 4. The van der Waals surface area contributed by atoms with Crippen molar-refractivity contribution in [1.29, 1.82) is 0 Å². The van der Waals surface area contributed by atoms with Crippen molar-refractivity contribution in [2.24, 2.45) is 0 Å². The van der Waals surface area contributed by atoms with Gasteiger partial charge in [0.1, 0.15) is 6.04 Å². The molecule has 0 saturated carbocycles. The molecule has 0 spiro atoms. The zero-order chi connectivity index (χ0) is 19.2. The molecule has 0 aliphatic rings. The summed E-state index contributed by atoms with van der Waals surface area (Å²) in [6.45, 7) is 0. The molecule has 142 valence electrons. The first kappa shape index (κ1) is 18.7. The van der Waals surface area contributed by atoms with Crippen molar-refractivity contribution in [2.45, 2.75) is 24.9 Å². The van der Waals surface area contributed by atoms with Crippen LogP contribution in [0.1, 0.15) is 11.3 Å². The number of amides is 1. The van der Waals surface area contributed by atoms with E-state index in [0.717, 1.165) is 22.2 Å². The van der Waals surface area contributed by atoms with Crippen LogP contribution in [-0.4, -0.2) is 53.1 Å². The molecule has 4 N–H and O–H groups in total. The molecule has 0 bridgehead atoms. The van der Waals surface area contributed by atoms with E-state index < -0.39 is 18.1 Å². The monoisotopic (exact) mass is 369 g/mol. The number of H-pyrrole nitrogens is 2. The van der Waals surface area contributed by atoms with E-state index in [4.69, 9.17) is 4.74 Å². The topological polar surface area (TPSA) is 112 Å². The minimum atomic E-state index is -0.778. The molecule has 3 rings (SSSR count). The number of carbonyl (C=O) groups is 2. The lowest BCUT2D eigenvalue weighted by molar-refractivity contribution is -0.145. The van der Waals surface area contributed by atoms with Crippen molar-refractivity contribution in [3.05, 3.63) is 54.2 Å². The summed E-state index contributed by atoms with van der Waals surface area (Å²) in [6, 6.07) is 6.54. The molecule has 3 aromatic rings. The van der Waals surface area contributed by atoms with Crippen molar-refractivity contribution >= 4 is 22.8 Å². The Hall–Kier alpha value is -3.13. The van der Waals surface area contributed by atoms with Crippen LogP contribution in [0.3, 0.4) is 0 Å². The molecule has 1 amide bonds. The minimum Gasteiger partial charge on any atom is -0.467 e. The molecular formula is C19H23N5O3. The Kier molecular flexibility index (Phi) is 5.87. The van der Waals surface area contributed by atoms with E-state index in [1.165, 1.54) is 7.11 Å². The number of esters is 1. The highest BCUT2D eigenvalue weighted by Gasteiger charge is 2.27. The summed E-state index contributed by atoms with van der Waals surface area (Å²) in [6.07, 6.45) is 5.86. The molecule has 8 nitrogen and oxygen atoms in total. The number of ether oxygens (including phenoxy) is 1. The van der Waals surface area contributed by atoms with E-state index in [9.17, 15) is 9.59 Å². The van der Waals surface area contributed by atoms with Gasteiger partial charge in [0.05, 0.1) is 19.5 Å². The Balaban J connectivity index is 1.74. The van der Waals surface area contributed by atoms with Gasteiger partial charge in [0.25, 0.3) is 0 Å². The fourth-order valence-corrected chi connectivity index (χ4v) is 3.07. The average Bonchev–Trinajstić information content (AvgIpc) is 3.35. The second-order valence-electron chi connectivity index (χ2n) is 6.27. The summed E-state index contributed by atoms with van der Waals surface area (Å²) >= 11 is 0. The molecule has 0 saturated heterocycles. The average molecular weight is 369 g/mol. The lowest BCUT2D eigenvalue weighted by Gasteiger charge is -2.20. The first-order valence-electron chi connectivity index (χ1n) is 8.70. The normalized spacial score (nSPS) is 13.3. The predicted molar refractivity (Wildman–Crippen MR) is 101 cm³/mol. The quantitative estimate of drug-likeness (QED) is 0.441. The predicted octanol–water partition coefficient (Wildman–Crippen LogP) is 0.922. The highest BCUT2D eigenvalue weighted by Crippen LogP contribution is 2.19. The number of likely N-dealkylation sites (N-methyl/N-ethyl adjacent to an activating group) is 1. The zero-order valence-electron chi connectivity index (χ0n) is 15.3. The van der Waals surface area contributed by atoms with E-state index in [0.29, 0.717) is 12.8 Å². The number of imidazole rings is 1. The molecule has 0 radical (unpaired) electrons. The summed E-state index contributed by atoms with van der Waals surface area (Å²) < 4.78 is 4.89. The molecule has 8 heteroatoms. The van der Waals surface area contributed by atoms with Crippen molar-refractivity contribution in [2.75, 3.05) is 14.2 Å². The van der Waals surface area contributed by atoms with Crippen molar-refractivity contribution in [3.63, 3.8) is 0 Å². The maximum absolute atomic E-state index is 12.7. The van der Waals surface area contributed by atoms with Gasteiger partial charge >= 0.3 is 5.97 Å². The fraction of sp³-hybridized carbons (Fsp3) is 0.316. The van der Waals surface area contributed by atoms with E-state index in [1.54, 1.807) is 19.6 Å². The third-order valence-corrected chi connectivity index (χ3v) is 4.54. The molecule has 1 aromatic carbocycles. The van der Waals surface area contributed by atoms with Gasteiger partial charge in [0, 0.05) is 41.8 Å². The number of fused-ring (bicyclic) bond motifs is 1. The second-order valence-corrected chi connectivity index (χ2v) is 6.27. The van der Waals surface area contributed by atoms with E-state index in [2.05, 4.69) is 25.6 Å². The second kappa shape index (κ2) is 8.50. The van der Waals surface area contributed by atoms with Crippen molar-refractivity contribution in [3.8, 4) is 0 Å². The summed E-state index contributed by atoms with van der Waals surface area (Å²) in [5.41, 5.74) is 2.75. The van der Waals surface area contributed by atoms with Crippen LogP contribution in [-0.2, 0) is 27.2 Å². The van der Waals surface area contributed by atoms with E-state index in [1.807, 2.05) is 30.5 Å². The van der Waals surface area contributed by atoms with Gasteiger partial charge in [-0.2, -0.15) is 0 Å². The SMILES string of the molecule is CN[C@@H](Cc1cnc[nH]1)C(=O)N[C@@H](Cc1c[nH]c2ccccc12)C(=O)OC. The Bertz CT molecular complexity index is 903. The van der Waals surface area contributed by atoms with Crippen LogP contribution in [0.5, 0.6) is 0 Å². The van der Waals surface area contributed by atoms with Gasteiger partial charge in [0.2, 0.25) is 5.91 Å². The maximum Gasteiger partial charge on any atom is 0.328 e. The van der Waals surface area contributed by atoms with Crippen LogP contribution in [0, 0.1) is 0 Å². The number of hydrogen-bond acceptors (Lipinski definition) is 5. The van der Waals surface area contributed by atoms with Gasteiger partial charge in [-0.05, 0) is 18.7 Å². The van der Waals surface area contributed by atoms with E-state index in [-0.39, 0.29) is 5.91 Å². The lowest BCUT2D eigenvalue weighted by atomic mass is 10.0. The van der Waals surface area contributed by atoms with Gasteiger partial charge in [0.15, 0.2) is 0 Å². The number of methoxy groups -OCH3 is 1. The van der Waals surface area contributed by atoms with Crippen LogP contribution in [0.25, 0.3) is 10.9 Å². The summed E-state index contributed by atoms with van der Waals surface area (Å²) in [5.74, 6) is -0.757. The Morgan fingerprint density at radius 2 is 2.00 bits per heavy atom. The minimum absolute atomic E-state index is 0.276. The molecule has 0 unspecified atom stereocenters. The Labute approximate surface area is 156 Å². The van der Waals surface area contributed by atoms with Crippen LogP contribution < -0.4 is 10.6 Å². The van der Waals surface area contributed by atoms with Gasteiger partial charge in [-0.3, -0.25) is 4.79 Å². The zero-order valence-corrected chi connectivity index (χ0v) is 15.3. The van der Waals surface area contributed by atoms with Crippen LogP contribution in [0.2, 0.25) is 0 Å². The number of carbonyl (C=O) groups excluding carboxylic acids is 2. The van der Waals surface area contributed by atoms with Crippen LogP contribution in [0.15, 0.2) is 43.0 Å². The smallest absolute Gasteiger partial charge is 0.328 e. The number of nitrogens with zero attached hydrogens (tertiary/aromatic N) is 1. The lowest BCUT2D eigenvalue weighted by Crippen LogP contribution is -2.51. The van der Waals surface area contributed by atoms with Crippen LogP contribution >= 0.6 is 0 Å². The number of aromatic nitrogens is 3. The standard InChI is InChI=1S/C19H23N5O3/c1-20-16(8-13-10-21-11-23-13)18(25)24-17(19(26)27-2)7-12-9-22-15-6-4-3-5-14(12)15/h3-6,9-11,16-17,20,22H,7-8H2,1-2H3,(H,21,23)(H,24,25)/t16-,17-/m0/s1. The van der Waals surface area contributed by atoms with Crippen molar-refractivity contribution in [1.82, 2.24) is 25.6 Å². The van der Waals surface area contributed by atoms with Gasteiger partial charge < -0.3 is 25.3 Å². The number of para-hydroxylation sites is 1. The third kappa shape index (κ3) is 4.35. The molecule has 0 aliphatic heterocycles. The number of hydrogen-bond donors (Lipinski definition) is 4. The molecule has 2 atom stereocenters. The number of aromatic amines is 2. The number of benzene rings is 1. The van der Waals surface area contributed by atoms with Gasteiger partial charge in [-0.25, -0.2) is 9.78 Å². The summed E-state index contributed by atoms with van der Waals surface area (Å²) in [4.78, 5) is 35.1. The highest BCUT2D eigenvalue weighted by atomic mass is 16.5. The molecule has 0 fully saturated rings. The third-order valence-electron chi connectivity index (χ3n) is 4.54. The molecular weight excluding hydrogens is 346 g/mol. The van der Waals surface area contributed by atoms with Gasteiger partial charge in [-0.1, -0.05) is 18.2 Å². The van der Waals surface area contributed by atoms with E-state index >= 15 is 0 Å². The van der Waals surface area contributed by atoms with Crippen LogP contribution in [0.4, 0.5) is 0 Å². The Morgan fingerprint density at radius 3 is 2.70 bits per heavy atom. The Morgan fingerprint density at radius 1 is 1.19 bits per heavy atom. The first-order chi connectivity index (χ1) is 13.1. The number of rotatable bonds is 8. The molecule has 0 aliphatic carbocycles. The van der Waals surface area contributed by atoms with Gasteiger partial charge in [-0.15, -0.1) is 0 Å². The van der Waals surface area contributed by atoms with Crippen molar-refractivity contribution < 1.29 is 14.3 Å². The first-order valence-corrected chi connectivity index (χ1v) is 8.70. The molecule has 27 heavy (non-hydrogen) atoms. The summed E-state index contributed by atoms with van der Waals surface area (Å²) in [7, 11) is 3.02. The molecule has 2 heterocycles.